The number of fused-ring (bicyclic) bond motifs is 9. The summed E-state index contributed by atoms with van der Waals surface area (Å²) in [5.74, 6) is -3.02. The van der Waals surface area contributed by atoms with Gasteiger partial charge in [-0.25, -0.2) is 9.59 Å². The standard InChI is InChI=1S/C29H40O4.C18H14Cl2O7/c1-17-18-7-8-21-27(4,19(18)15-20(30)23(17)31)12-14-29(6)22-16-26(3,24(32)33)10-9-25(22,2)11-13-28(21,29)5;1-5-9-16(11(20)13(22)10(5)19)26-14-6(2)8(17(23)25-4)12(21)7(3)15(14)27-18(9)24/h8,15,22,30-31H,7,9-14,16H2,1-6H3,(H,32,33);21-22H,1-4H3. The van der Waals surface area contributed by atoms with Crippen molar-refractivity contribution in [2.24, 2.45) is 27.6 Å². The summed E-state index contributed by atoms with van der Waals surface area (Å²) >= 11 is 12.2. The molecule has 3 saturated carbocycles. The number of halogens is 2. The normalized spacial score (nSPS) is 29.8. The lowest BCUT2D eigenvalue weighted by Crippen LogP contribution is -2.62. The number of esters is 2. The molecule has 1 aliphatic heterocycles. The second-order valence-corrected chi connectivity index (χ2v) is 19.8. The molecule has 3 aromatic rings. The third-order valence-corrected chi connectivity index (χ3v) is 16.8. The van der Waals surface area contributed by atoms with Gasteiger partial charge in [0, 0.05) is 16.5 Å². The summed E-state index contributed by atoms with van der Waals surface area (Å²) in [4.78, 5) is 37.0. The number of carboxylic acid groups (broad SMARTS) is 1. The van der Waals surface area contributed by atoms with E-state index in [0.29, 0.717) is 5.92 Å². The highest BCUT2D eigenvalue weighted by Crippen LogP contribution is 2.74. The smallest absolute Gasteiger partial charge is 0.347 e. The van der Waals surface area contributed by atoms with Gasteiger partial charge in [0.1, 0.15) is 21.9 Å². The Hall–Kier alpha value is -4.61. The SMILES string of the molecule is COC(=O)c1c(C)c2c(c(C)c1O)OC(=O)c1c(C)c(Cl)c(O)c(Cl)c1O2.Cc1c(O)c(O)cc2c1CC=C1C2(C)CCC2(C)C3CC(C)(C(=O)O)CCC3(C)CCC12C. The van der Waals surface area contributed by atoms with Crippen LogP contribution in [-0.2, 0) is 21.4 Å². The van der Waals surface area contributed by atoms with Crippen molar-refractivity contribution >= 4 is 41.1 Å². The van der Waals surface area contributed by atoms with Crippen LogP contribution in [0.1, 0.15) is 134 Å². The molecule has 0 saturated heterocycles. The fourth-order valence-electron chi connectivity index (χ4n) is 11.8. The number of carbonyl (C=O) groups excluding carboxylic acids is 2. The predicted octanol–water partition coefficient (Wildman–Crippen LogP) is 11.1. The molecule has 6 unspecified atom stereocenters. The van der Waals surface area contributed by atoms with Crippen LogP contribution in [0.3, 0.4) is 0 Å². The highest BCUT2D eigenvalue weighted by Gasteiger charge is 2.67. The molecule has 5 aliphatic rings. The topological polar surface area (TPSA) is 180 Å². The second kappa shape index (κ2) is 14.2. The zero-order valence-corrected chi connectivity index (χ0v) is 37.3. The van der Waals surface area contributed by atoms with Crippen molar-refractivity contribution in [3.8, 4) is 40.2 Å². The van der Waals surface area contributed by atoms with Crippen molar-refractivity contribution in [2.75, 3.05) is 7.11 Å². The van der Waals surface area contributed by atoms with Gasteiger partial charge in [-0.2, -0.15) is 0 Å². The number of aliphatic carboxylic acids is 1. The van der Waals surface area contributed by atoms with Crippen molar-refractivity contribution in [2.45, 2.75) is 119 Å². The second-order valence-electron chi connectivity index (χ2n) is 19.0. The first-order chi connectivity index (χ1) is 27.8. The van der Waals surface area contributed by atoms with Crippen LogP contribution >= 0.6 is 23.2 Å². The number of ether oxygens (including phenoxy) is 3. The van der Waals surface area contributed by atoms with Gasteiger partial charge in [-0.1, -0.05) is 62.5 Å². The van der Waals surface area contributed by atoms with Crippen LogP contribution in [0.15, 0.2) is 17.7 Å². The maximum absolute atomic E-state index is 12.7. The van der Waals surface area contributed by atoms with E-state index in [1.54, 1.807) is 0 Å². The quantitative estimate of drug-likeness (QED) is 0.0716. The molecule has 322 valence electrons. The minimum Gasteiger partial charge on any atom is -0.507 e. The number of methoxy groups -OCH3 is 1. The van der Waals surface area contributed by atoms with Crippen molar-refractivity contribution in [3.63, 3.8) is 0 Å². The van der Waals surface area contributed by atoms with E-state index < -0.39 is 34.8 Å². The van der Waals surface area contributed by atoms with Crippen LogP contribution < -0.4 is 9.47 Å². The van der Waals surface area contributed by atoms with Crippen molar-refractivity contribution < 1.29 is 54.1 Å². The molecular formula is C47H54Cl2O11. The molecule has 0 radical (unpaired) electrons. The molecule has 5 N–H and O–H groups in total. The Kier molecular flexibility index (Phi) is 10.3. The summed E-state index contributed by atoms with van der Waals surface area (Å²) in [5, 5.41) is 51.0. The number of phenolic OH excluding ortho intramolecular Hbond substituents is 4. The summed E-state index contributed by atoms with van der Waals surface area (Å²) in [6.45, 7) is 18.0. The van der Waals surface area contributed by atoms with Crippen molar-refractivity contribution in [1.82, 2.24) is 0 Å². The Morgan fingerprint density at radius 1 is 0.767 bits per heavy atom. The molecule has 1 heterocycles. The molecule has 0 aromatic heterocycles. The van der Waals surface area contributed by atoms with Crippen molar-refractivity contribution in [3.05, 3.63) is 72.3 Å². The lowest BCUT2D eigenvalue weighted by atomic mass is 9.34. The lowest BCUT2D eigenvalue weighted by Gasteiger charge is -2.69. The van der Waals surface area contributed by atoms with E-state index in [1.165, 1.54) is 39.0 Å². The average Bonchev–Trinajstić information content (AvgIpc) is 3.36. The van der Waals surface area contributed by atoms with E-state index in [9.17, 15) is 39.9 Å². The number of hydrogen-bond donors (Lipinski definition) is 5. The van der Waals surface area contributed by atoms with Gasteiger partial charge in [0.15, 0.2) is 34.5 Å². The van der Waals surface area contributed by atoms with Crippen LogP contribution in [0.25, 0.3) is 0 Å². The first kappa shape index (κ1) is 43.5. The zero-order chi connectivity index (χ0) is 44.4. The first-order valence-corrected chi connectivity index (χ1v) is 21.1. The Labute approximate surface area is 360 Å². The molecule has 0 amide bonds. The number of carboxylic acids is 1. The summed E-state index contributed by atoms with van der Waals surface area (Å²) in [5.41, 5.74) is 4.27. The average molecular weight is 866 g/mol. The monoisotopic (exact) mass is 864 g/mol. The molecule has 13 heteroatoms. The van der Waals surface area contributed by atoms with Crippen LogP contribution in [0.4, 0.5) is 0 Å². The molecule has 11 nitrogen and oxygen atoms in total. The number of rotatable bonds is 2. The van der Waals surface area contributed by atoms with Crippen LogP contribution in [-0.4, -0.2) is 50.6 Å². The predicted molar refractivity (Wildman–Crippen MR) is 226 cm³/mol. The fourth-order valence-corrected chi connectivity index (χ4v) is 12.2. The van der Waals surface area contributed by atoms with Gasteiger partial charge in [0.2, 0.25) is 0 Å². The number of benzene rings is 3. The van der Waals surface area contributed by atoms with E-state index in [0.717, 1.165) is 62.5 Å². The number of hydrogen-bond acceptors (Lipinski definition) is 10. The van der Waals surface area contributed by atoms with Gasteiger partial charge < -0.3 is 39.7 Å². The Morgan fingerprint density at radius 3 is 2.03 bits per heavy atom. The van der Waals surface area contributed by atoms with Gasteiger partial charge in [-0.15, -0.1) is 0 Å². The van der Waals surface area contributed by atoms with Crippen LogP contribution in [0, 0.1) is 55.3 Å². The van der Waals surface area contributed by atoms with E-state index >= 15 is 0 Å². The maximum atomic E-state index is 12.7. The van der Waals surface area contributed by atoms with Gasteiger partial charge in [-0.3, -0.25) is 4.79 Å². The molecule has 0 spiro atoms. The maximum Gasteiger partial charge on any atom is 0.347 e. The third-order valence-electron chi connectivity index (χ3n) is 16.0. The molecular weight excluding hydrogens is 811 g/mol. The summed E-state index contributed by atoms with van der Waals surface area (Å²) < 4.78 is 15.9. The van der Waals surface area contributed by atoms with E-state index in [2.05, 4.69) is 33.8 Å². The minimum atomic E-state index is -0.835. The van der Waals surface area contributed by atoms with Gasteiger partial charge in [0.25, 0.3) is 0 Å². The van der Waals surface area contributed by atoms with Crippen LogP contribution in [0.2, 0.25) is 10.0 Å². The number of aromatic hydroxyl groups is 4. The Balaban J connectivity index is 0.000000186. The zero-order valence-electron chi connectivity index (χ0n) is 35.8. The number of phenols is 4. The van der Waals surface area contributed by atoms with Crippen molar-refractivity contribution in [1.29, 1.82) is 0 Å². The molecule has 3 fully saturated rings. The summed E-state index contributed by atoms with van der Waals surface area (Å²) in [6, 6.07) is 1.81. The molecule has 8 rings (SSSR count). The first-order valence-electron chi connectivity index (χ1n) is 20.4. The molecule has 4 aliphatic carbocycles. The fraction of sp³-hybridized carbons (Fsp3) is 0.511. The van der Waals surface area contributed by atoms with E-state index in [4.69, 9.17) is 37.4 Å². The number of carbonyl (C=O) groups is 3. The Morgan fingerprint density at radius 2 is 1.40 bits per heavy atom. The minimum absolute atomic E-state index is 0.00431. The highest BCUT2D eigenvalue weighted by atomic mass is 35.5. The van der Waals surface area contributed by atoms with Gasteiger partial charge in [0.05, 0.1) is 17.5 Å². The third kappa shape index (κ3) is 5.92. The molecule has 0 bridgehead atoms. The van der Waals surface area contributed by atoms with Crippen LogP contribution in [0.5, 0.6) is 40.2 Å². The largest absolute Gasteiger partial charge is 0.507 e. The molecule has 60 heavy (non-hydrogen) atoms. The van der Waals surface area contributed by atoms with E-state index in [1.807, 2.05) is 19.9 Å². The highest BCUT2D eigenvalue weighted by molar-refractivity contribution is 6.39. The summed E-state index contributed by atoms with van der Waals surface area (Å²) in [6.07, 6.45) is 10.0. The van der Waals surface area contributed by atoms with Gasteiger partial charge in [-0.05, 0) is 136 Å². The Bertz CT molecular complexity index is 2460. The molecule has 6 atom stereocenters. The lowest BCUT2D eigenvalue weighted by molar-refractivity contribution is -0.177. The summed E-state index contributed by atoms with van der Waals surface area (Å²) in [7, 11) is 1.17. The van der Waals surface area contributed by atoms with Gasteiger partial charge >= 0.3 is 17.9 Å². The van der Waals surface area contributed by atoms with E-state index in [-0.39, 0.29) is 88.3 Å². The number of allylic oxidation sites excluding steroid dienone is 2. The molecule has 3 aromatic carbocycles.